The van der Waals surface area contributed by atoms with Crippen LogP contribution in [0.5, 0.6) is 5.75 Å². The highest BCUT2D eigenvalue weighted by molar-refractivity contribution is 7.87. The van der Waals surface area contributed by atoms with Crippen molar-refractivity contribution in [2.45, 2.75) is 25.6 Å². The topological polar surface area (TPSA) is 155 Å². The fraction of sp³-hybridized carbons (Fsp3) is 0.217. The second kappa shape index (κ2) is 9.98. The molecule has 0 atom stereocenters. The predicted molar refractivity (Wildman–Crippen MR) is 133 cm³/mol. The van der Waals surface area contributed by atoms with Gasteiger partial charge in [0.05, 0.1) is 11.1 Å². The first kappa shape index (κ1) is 28.1. The number of nitrogens with one attached hydrogen (secondary N) is 1. The molecule has 4 aromatic rings. The number of halogens is 4. The molecule has 0 saturated heterocycles. The number of nitrogens with zero attached hydrogens (tertiary/aromatic N) is 4. The molecule has 2 aromatic heterocycles. The molecular weight excluding hydrogens is 565 g/mol. The van der Waals surface area contributed by atoms with E-state index >= 15 is 0 Å². The molecule has 2 heterocycles. The standard InChI is InChI=1S/C23H20ClF3N6O5S/c1-22(2,21-31-30-18(33(21)3)13-6-4-5-7-15(13)23(25,26)27)38-17-9-8-12(24)10-14(17)20-29-16(11-37-20)19(34)32-39(28,35)36/h4-11H,1-3H3,(H,32,34)(H2,28,35,36). The van der Waals surface area contributed by atoms with Crippen molar-refractivity contribution in [3.05, 3.63) is 70.8 Å². The number of hydrogen-bond acceptors (Lipinski definition) is 8. The van der Waals surface area contributed by atoms with E-state index in [0.29, 0.717) is 0 Å². The minimum Gasteiger partial charge on any atom is -0.479 e. The quantitative estimate of drug-likeness (QED) is 0.329. The SMILES string of the molecule is Cn1c(-c2ccccc2C(F)(F)F)nnc1C(C)(C)Oc1ccc(Cl)cc1-c1nc(C(=O)NS(N)(=O)=O)co1. The van der Waals surface area contributed by atoms with Crippen LogP contribution in [0, 0.1) is 0 Å². The number of alkyl halides is 3. The first-order chi connectivity index (χ1) is 18.1. The Morgan fingerprint density at radius 1 is 1.13 bits per heavy atom. The summed E-state index contributed by atoms with van der Waals surface area (Å²) in [6.07, 6.45) is -3.69. The molecule has 0 aliphatic carbocycles. The molecule has 2 aromatic carbocycles. The molecular formula is C23H20ClF3N6O5S. The number of rotatable bonds is 7. The van der Waals surface area contributed by atoms with Gasteiger partial charge in [-0.1, -0.05) is 29.8 Å². The van der Waals surface area contributed by atoms with Crippen molar-refractivity contribution < 1.29 is 35.5 Å². The summed E-state index contributed by atoms with van der Waals surface area (Å²) in [6.45, 7) is 3.24. The Balaban J connectivity index is 1.70. The zero-order valence-electron chi connectivity index (χ0n) is 20.4. The van der Waals surface area contributed by atoms with Crippen LogP contribution in [0.25, 0.3) is 22.8 Å². The highest BCUT2D eigenvalue weighted by Gasteiger charge is 2.36. The Morgan fingerprint density at radius 3 is 2.49 bits per heavy atom. The highest BCUT2D eigenvalue weighted by atomic mass is 35.5. The summed E-state index contributed by atoms with van der Waals surface area (Å²) in [5.41, 5.74) is -2.48. The first-order valence-electron chi connectivity index (χ1n) is 10.9. The number of oxazole rings is 1. The molecule has 4 rings (SSSR count). The lowest BCUT2D eigenvalue weighted by Crippen LogP contribution is -2.36. The fourth-order valence-corrected chi connectivity index (χ4v) is 4.31. The average Bonchev–Trinajstić information content (AvgIpc) is 3.46. The van der Waals surface area contributed by atoms with Crippen molar-refractivity contribution in [2.75, 3.05) is 0 Å². The van der Waals surface area contributed by atoms with Crippen molar-refractivity contribution >= 4 is 27.7 Å². The van der Waals surface area contributed by atoms with Gasteiger partial charge in [0.1, 0.15) is 12.0 Å². The van der Waals surface area contributed by atoms with Crippen LogP contribution in [-0.2, 0) is 29.0 Å². The Bertz CT molecular complexity index is 1670. The predicted octanol–water partition coefficient (Wildman–Crippen LogP) is 4.06. The zero-order chi connectivity index (χ0) is 28.8. The third kappa shape index (κ3) is 6.05. The molecule has 206 valence electrons. The number of hydrogen-bond donors (Lipinski definition) is 2. The summed E-state index contributed by atoms with van der Waals surface area (Å²) in [7, 11) is -2.82. The van der Waals surface area contributed by atoms with Gasteiger partial charge in [-0.2, -0.15) is 21.6 Å². The van der Waals surface area contributed by atoms with Gasteiger partial charge in [0, 0.05) is 17.6 Å². The van der Waals surface area contributed by atoms with Gasteiger partial charge in [0.25, 0.3) is 16.1 Å². The van der Waals surface area contributed by atoms with Gasteiger partial charge in [-0.05, 0) is 38.1 Å². The van der Waals surface area contributed by atoms with E-state index in [1.807, 2.05) is 0 Å². The molecule has 0 saturated carbocycles. The smallest absolute Gasteiger partial charge is 0.417 e. The van der Waals surface area contributed by atoms with E-state index in [4.69, 9.17) is 25.9 Å². The van der Waals surface area contributed by atoms with Crippen LogP contribution < -0.4 is 14.6 Å². The highest BCUT2D eigenvalue weighted by Crippen LogP contribution is 2.39. The van der Waals surface area contributed by atoms with E-state index in [1.54, 1.807) is 18.6 Å². The molecule has 16 heteroatoms. The Labute approximate surface area is 224 Å². The number of benzene rings is 2. The van der Waals surface area contributed by atoms with E-state index in [0.717, 1.165) is 12.3 Å². The Kier molecular flexibility index (Phi) is 7.18. The van der Waals surface area contributed by atoms with Crippen LogP contribution in [0.15, 0.2) is 53.1 Å². The molecule has 0 fully saturated rings. The fourth-order valence-electron chi connectivity index (χ4n) is 3.78. The van der Waals surface area contributed by atoms with Crippen molar-refractivity contribution in [2.24, 2.45) is 12.2 Å². The van der Waals surface area contributed by atoms with Crippen molar-refractivity contribution in [1.82, 2.24) is 24.5 Å². The van der Waals surface area contributed by atoms with E-state index in [2.05, 4.69) is 15.2 Å². The second-order valence-electron chi connectivity index (χ2n) is 8.72. The van der Waals surface area contributed by atoms with Crippen LogP contribution in [0.3, 0.4) is 0 Å². The lowest BCUT2D eigenvalue weighted by molar-refractivity contribution is -0.137. The monoisotopic (exact) mass is 584 g/mol. The molecule has 1 amide bonds. The summed E-state index contributed by atoms with van der Waals surface area (Å²) < 4.78 is 77.6. The molecule has 0 bridgehead atoms. The van der Waals surface area contributed by atoms with Gasteiger partial charge >= 0.3 is 6.18 Å². The third-order valence-electron chi connectivity index (χ3n) is 5.40. The van der Waals surface area contributed by atoms with Crippen LogP contribution in [-0.4, -0.2) is 34.1 Å². The van der Waals surface area contributed by atoms with E-state index in [9.17, 15) is 26.4 Å². The average molecular weight is 585 g/mol. The number of carbonyl (C=O) groups is 1. The number of nitrogens with two attached hydrogens (primary N) is 1. The molecule has 0 radical (unpaired) electrons. The lowest BCUT2D eigenvalue weighted by atomic mass is 10.1. The van der Waals surface area contributed by atoms with Gasteiger partial charge in [-0.3, -0.25) is 4.79 Å². The minimum absolute atomic E-state index is 0.0239. The summed E-state index contributed by atoms with van der Waals surface area (Å²) in [4.78, 5) is 16.1. The maximum absolute atomic E-state index is 13.6. The van der Waals surface area contributed by atoms with E-state index in [-0.39, 0.29) is 45.1 Å². The second-order valence-corrected chi connectivity index (χ2v) is 10.4. The van der Waals surface area contributed by atoms with Crippen molar-refractivity contribution in [3.63, 3.8) is 0 Å². The summed E-state index contributed by atoms with van der Waals surface area (Å²) >= 11 is 6.14. The number of aromatic nitrogens is 4. The van der Waals surface area contributed by atoms with Crippen LogP contribution in [0.4, 0.5) is 13.2 Å². The van der Waals surface area contributed by atoms with Crippen LogP contribution in [0.2, 0.25) is 5.02 Å². The number of ether oxygens (including phenoxy) is 1. The summed E-state index contributed by atoms with van der Waals surface area (Å²) in [6, 6.07) is 9.44. The molecule has 11 nitrogen and oxygen atoms in total. The first-order valence-corrected chi connectivity index (χ1v) is 12.8. The Morgan fingerprint density at radius 2 is 1.82 bits per heavy atom. The number of carbonyl (C=O) groups excluding carboxylic acids is 1. The minimum atomic E-state index is -4.60. The van der Waals surface area contributed by atoms with Crippen LogP contribution in [0.1, 0.15) is 35.7 Å². The third-order valence-corrected chi connectivity index (χ3v) is 6.10. The van der Waals surface area contributed by atoms with Gasteiger partial charge in [0.2, 0.25) is 5.89 Å². The lowest BCUT2D eigenvalue weighted by Gasteiger charge is -2.26. The molecule has 0 spiro atoms. The molecule has 0 unspecified atom stereocenters. The van der Waals surface area contributed by atoms with Crippen molar-refractivity contribution in [3.8, 4) is 28.6 Å². The maximum Gasteiger partial charge on any atom is 0.417 e. The molecule has 0 aliphatic rings. The van der Waals surface area contributed by atoms with Gasteiger partial charge < -0.3 is 13.7 Å². The van der Waals surface area contributed by atoms with Crippen LogP contribution >= 0.6 is 11.6 Å². The van der Waals surface area contributed by atoms with Gasteiger partial charge in [-0.25, -0.2) is 14.8 Å². The van der Waals surface area contributed by atoms with Gasteiger partial charge in [-0.15, -0.1) is 10.2 Å². The maximum atomic E-state index is 13.6. The van der Waals surface area contributed by atoms with E-state index in [1.165, 1.54) is 48.0 Å². The van der Waals surface area contributed by atoms with Crippen molar-refractivity contribution in [1.29, 1.82) is 0 Å². The molecule has 0 aliphatic heterocycles. The largest absolute Gasteiger partial charge is 0.479 e. The molecule has 3 N–H and O–H groups in total. The number of amides is 1. The normalized spacial score (nSPS) is 12.4. The van der Waals surface area contributed by atoms with Gasteiger partial charge in [0.15, 0.2) is 22.9 Å². The summed E-state index contributed by atoms with van der Waals surface area (Å²) in [5.74, 6) is -0.936. The zero-order valence-corrected chi connectivity index (χ0v) is 22.0. The van der Waals surface area contributed by atoms with E-state index < -0.39 is 33.5 Å². The summed E-state index contributed by atoms with van der Waals surface area (Å²) in [5, 5.41) is 13.2. The Hall–Kier alpha value is -3.95. The molecule has 39 heavy (non-hydrogen) atoms.